The van der Waals surface area contributed by atoms with Crippen molar-refractivity contribution in [3.05, 3.63) is 30.3 Å². The van der Waals surface area contributed by atoms with Crippen LogP contribution in [0.2, 0.25) is 0 Å². The number of amides is 1. The first-order chi connectivity index (χ1) is 8.67. The van der Waals surface area contributed by atoms with Gasteiger partial charge in [-0.25, -0.2) is 0 Å². The fourth-order valence-electron chi connectivity index (χ4n) is 2.16. The summed E-state index contributed by atoms with van der Waals surface area (Å²) < 4.78 is 0. The lowest BCUT2D eigenvalue weighted by Gasteiger charge is -2.22. The van der Waals surface area contributed by atoms with Crippen molar-refractivity contribution in [2.75, 3.05) is 11.9 Å². The molecule has 1 amide bonds. The first-order valence-corrected chi connectivity index (χ1v) is 6.75. The predicted octanol–water partition coefficient (Wildman–Crippen LogP) is 3.04. The summed E-state index contributed by atoms with van der Waals surface area (Å²) in [5.41, 5.74) is 0.975. The molecule has 0 bridgehead atoms. The van der Waals surface area contributed by atoms with Gasteiger partial charge in [0.25, 0.3) is 0 Å². The van der Waals surface area contributed by atoms with Gasteiger partial charge in [0.15, 0.2) is 0 Å². The van der Waals surface area contributed by atoms with E-state index < -0.39 is 0 Å². The van der Waals surface area contributed by atoms with Gasteiger partial charge in [0, 0.05) is 11.7 Å². The van der Waals surface area contributed by atoms with Crippen LogP contribution < -0.4 is 10.6 Å². The molecule has 100 valence electrons. The molecule has 0 saturated carbocycles. The van der Waals surface area contributed by atoms with Crippen molar-refractivity contribution < 1.29 is 4.79 Å². The Morgan fingerprint density at radius 3 is 2.33 bits per heavy atom. The monoisotopic (exact) mass is 248 g/mol. The number of hydrogen-bond acceptors (Lipinski definition) is 2. The van der Waals surface area contributed by atoms with Crippen molar-refractivity contribution in [2.24, 2.45) is 5.92 Å². The number of anilines is 1. The maximum absolute atomic E-state index is 11.8. The van der Waals surface area contributed by atoms with Crippen molar-refractivity contribution in [3.63, 3.8) is 0 Å². The van der Waals surface area contributed by atoms with Gasteiger partial charge in [-0.2, -0.15) is 0 Å². The second-order valence-corrected chi connectivity index (χ2v) is 4.65. The summed E-state index contributed by atoms with van der Waals surface area (Å²) in [4.78, 5) is 11.8. The third kappa shape index (κ3) is 4.78. The highest BCUT2D eigenvalue weighted by molar-refractivity contribution is 5.80. The van der Waals surface area contributed by atoms with Gasteiger partial charge in [0.2, 0.25) is 5.91 Å². The molecule has 3 heteroatoms. The normalized spacial score (nSPS) is 12.2. The summed E-state index contributed by atoms with van der Waals surface area (Å²) in [6, 6.07) is 10.0. The van der Waals surface area contributed by atoms with E-state index >= 15 is 0 Å². The Balaban J connectivity index is 2.33. The minimum Gasteiger partial charge on any atom is -0.376 e. The van der Waals surface area contributed by atoms with Crippen LogP contribution in [0.5, 0.6) is 0 Å². The van der Waals surface area contributed by atoms with Crippen molar-refractivity contribution >= 4 is 11.6 Å². The number of benzene rings is 1. The number of carbonyl (C=O) groups excluding carboxylic acids is 1. The van der Waals surface area contributed by atoms with Gasteiger partial charge in [-0.15, -0.1) is 0 Å². The van der Waals surface area contributed by atoms with Crippen LogP contribution in [0.1, 0.15) is 33.6 Å². The Morgan fingerprint density at radius 1 is 1.17 bits per heavy atom. The van der Waals surface area contributed by atoms with E-state index in [1.54, 1.807) is 0 Å². The summed E-state index contributed by atoms with van der Waals surface area (Å²) in [7, 11) is 0. The molecular formula is C15H24N2O. The van der Waals surface area contributed by atoms with Crippen LogP contribution in [-0.2, 0) is 4.79 Å². The largest absolute Gasteiger partial charge is 0.376 e. The van der Waals surface area contributed by atoms with Gasteiger partial charge in [-0.3, -0.25) is 4.79 Å². The number of hydrogen-bond donors (Lipinski definition) is 2. The van der Waals surface area contributed by atoms with Crippen molar-refractivity contribution in [1.29, 1.82) is 0 Å². The Bertz CT molecular complexity index is 347. The van der Waals surface area contributed by atoms with E-state index in [-0.39, 0.29) is 11.9 Å². The first-order valence-electron chi connectivity index (χ1n) is 6.75. The zero-order chi connectivity index (χ0) is 13.4. The van der Waals surface area contributed by atoms with Crippen molar-refractivity contribution in [2.45, 2.75) is 39.7 Å². The molecule has 0 aliphatic heterocycles. The maximum atomic E-state index is 11.8. The van der Waals surface area contributed by atoms with E-state index in [1.807, 2.05) is 30.3 Å². The van der Waals surface area contributed by atoms with Gasteiger partial charge in [-0.05, 0) is 25.0 Å². The molecule has 0 aliphatic rings. The van der Waals surface area contributed by atoms with Gasteiger partial charge in [-0.1, -0.05) is 44.9 Å². The average molecular weight is 248 g/mol. The molecule has 1 unspecified atom stereocenters. The minimum absolute atomic E-state index is 0.0539. The number of para-hydroxylation sites is 1. The van der Waals surface area contributed by atoms with Gasteiger partial charge in [0.1, 0.15) is 0 Å². The smallest absolute Gasteiger partial charge is 0.239 e. The molecule has 1 aromatic carbocycles. The third-order valence-electron chi connectivity index (χ3n) is 3.37. The number of nitrogens with one attached hydrogen (secondary N) is 2. The topological polar surface area (TPSA) is 41.1 Å². The predicted molar refractivity (Wildman–Crippen MR) is 76.6 cm³/mol. The Morgan fingerprint density at radius 2 is 1.78 bits per heavy atom. The molecule has 18 heavy (non-hydrogen) atoms. The summed E-state index contributed by atoms with van der Waals surface area (Å²) in [5, 5.41) is 6.16. The molecule has 0 heterocycles. The number of carbonyl (C=O) groups is 1. The van der Waals surface area contributed by atoms with Gasteiger partial charge in [0.05, 0.1) is 6.54 Å². The fraction of sp³-hybridized carbons (Fsp3) is 0.533. The van der Waals surface area contributed by atoms with Crippen LogP contribution >= 0.6 is 0 Å². The van der Waals surface area contributed by atoms with Crippen LogP contribution in [0, 0.1) is 5.92 Å². The summed E-state index contributed by atoms with van der Waals surface area (Å²) in [5.74, 6) is 0.615. The molecule has 0 radical (unpaired) electrons. The standard InChI is InChI=1S/C15H24N2O/c1-4-13(5-2)12(3)17-15(18)11-16-14-9-7-6-8-10-14/h6-10,12-13,16H,4-5,11H2,1-3H3,(H,17,18). The van der Waals surface area contributed by atoms with E-state index in [0.717, 1.165) is 18.5 Å². The lowest BCUT2D eigenvalue weighted by Crippen LogP contribution is -2.40. The van der Waals surface area contributed by atoms with E-state index in [4.69, 9.17) is 0 Å². The van der Waals surface area contributed by atoms with Crippen LogP contribution in [0.15, 0.2) is 30.3 Å². The van der Waals surface area contributed by atoms with E-state index in [9.17, 15) is 4.79 Å². The van der Waals surface area contributed by atoms with E-state index in [1.165, 1.54) is 0 Å². The summed E-state index contributed by atoms with van der Waals surface area (Å²) >= 11 is 0. The fourth-order valence-corrected chi connectivity index (χ4v) is 2.16. The van der Waals surface area contributed by atoms with Crippen LogP contribution in [0.3, 0.4) is 0 Å². The molecule has 1 aromatic rings. The maximum Gasteiger partial charge on any atom is 0.239 e. The van der Waals surface area contributed by atoms with Crippen LogP contribution in [0.4, 0.5) is 5.69 Å². The molecule has 3 nitrogen and oxygen atoms in total. The SMILES string of the molecule is CCC(CC)C(C)NC(=O)CNc1ccccc1. The molecule has 0 spiro atoms. The van der Waals surface area contributed by atoms with Gasteiger partial charge >= 0.3 is 0 Å². The molecule has 0 saturated heterocycles. The van der Waals surface area contributed by atoms with Crippen molar-refractivity contribution in [1.82, 2.24) is 5.32 Å². The number of rotatable bonds is 7. The second-order valence-electron chi connectivity index (χ2n) is 4.65. The Hall–Kier alpha value is -1.51. The lowest BCUT2D eigenvalue weighted by atomic mass is 9.95. The van der Waals surface area contributed by atoms with Crippen LogP contribution in [-0.4, -0.2) is 18.5 Å². The zero-order valence-electron chi connectivity index (χ0n) is 11.6. The highest BCUT2D eigenvalue weighted by atomic mass is 16.1. The lowest BCUT2D eigenvalue weighted by molar-refractivity contribution is -0.120. The van der Waals surface area contributed by atoms with Crippen LogP contribution in [0.25, 0.3) is 0 Å². The molecule has 2 N–H and O–H groups in total. The summed E-state index contributed by atoms with van der Waals surface area (Å²) in [6.45, 7) is 6.74. The highest BCUT2D eigenvalue weighted by Crippen LogP contribution is 2.12. The molecular weight excluding hydrogens is 224 g/mol. The Kier molecular flexibility index (Phi) is 6.26. The molecule has 0 aromatic heterocycles. The molecule has 0 fully saturated rings. The Labute approximate surface area is 110 Å². The van der Waals surface area contributed by atoms with E-state index in [2.05, 4.69) is 31.4 Å². The molecule has 0 aliphatic carbocycles. The van der Waals surface area contributed by atoms with Gasteiger partial charge < -0.3 is 10.6 Å². The average Bonchev–Trinajstić information content (AvgIpc) is 2.39. The highest BCUT2D eigenvalue weighted by Gasteiger charge is 2.15. The minimum atomic E-state index is 0.0539. The zero-order valence-corrected chi connectivity index (χ0v) is 11.6. The van der Waals surface area contributed by atoms with Crippen molar-refractivity contribution in [3.8, 4) is 0 Å². The quantitative estimate of drug-likeness (QED) is 0.778. The summed E-state index contributed by atoms with van der Waals surface area (Å²) in [6.07, 6.45) is 2.20. The van der Waals surface area contributed by atoms with E-state index in [0.29, 0.717) is 12.5 Å². The second kappa shape index (κ2) is 7.75. The molecule has 1 rings (SSSR count). The first kappa shape index (κ1) is 14.6. The molecule has 1 atom stereocenters. The third-order valence-corrected chi connectivity index (χ3v) is 3.37.